The predicted octanol–water partition coefficient (Wildman–Crippen LogP) is -6.16. The van der Waals surface area contributed by atoms with Gasteiger partial charge in [-0.15, -0.1) is 0 Å². The molecule has 3 aromatic carbocycles. The summed E-state index contributed by atoms with van der Waals surface area (Å²) >= 11 is 0. The van der Waals surface area contributed by atoms with Crippen molar-refractivity contribution in [2.24, 2.45) is 65.8 Å². The quantitative estimate of drug-likeness (QED) is 0.0146. The molecular weight excluding hydrogens is 905 g/mol. The van der Waals surface area contributed by atoms with Crippen LogP contribution in [0.2, 0.25) is 0 Å². The number of aliphatic hydroxyl groups excluding tert-OH is 1. The van der Waals surface area contributed by atoms with Gasteiger partial charge in [-0.3, -0.25) is 49.0 Å². The number of hydrogen-bond acceptors (Lipinski definition) is 17. The molecule has 0 radical (unpaired) electrons. The molecule has 0 heterocycles. The number of amides is 6. The SMILES string of the molecule is CC(N)=NC(NC(=O)C(N=C(N)N)NC(=O)C(N=C(N)N)NC(=O)C(NC(=O)C(O)N(Cc1ccc(O)cc1)c1ccc([N+](=O)[O-])cc1[N+](=O)[O-])c1ccccc1)C(=O)NC(N=C(N)N)C(N)=O. The second kappa shape index (κ2) is 23.7. The van der Waals surface area contributed by atoms with Gasteiger partial charge in [-0.25, -0.2) is 20.0 Å². The Morgan fingerprint density at radius 2 is 1.09 bits per heavy atom. The van der Waals surface area contributed by atoms with Crippen LogP contribution in [-0.2, 0) is 35.3 Å². The summed E-state index contributed by atoms with van der Waals surface area (Å²) in [6.07, 6.45) is -10.6. The van der Waals surface area contributed by atoms with E-state index in [1.807, 2.05) is 10.6 Å². The molecule has 68 heavy (non-hydrogen) atoms. The molecule has 32 nitrogen and oxygen atoms in total. The fourth-order valence-electron chi connectivity index (χ4n) is 5.57. The number of anilines is 1. The van der Waals surface area contributed by atoms with Crippen LogP contribution < -0.4 is 77.4 Å². The number of nitrogens with zero attached hydrogens (tertiary/aromatic N) is 7. The minimum absolute atomic E-state index is 0.00273. The number of nitro benzene ring substituents is 2. The first-order valence-corrected chi connectivity index (χ1v) is 19.0. The largest absolute Gasteiger partial charge is 0.508 e. The van der Waals surface area contributed by atoms with E-state index in [9.17, 15) is 59.2 Å². The van der Waals surface area contributed by atoms with Gasteiger partial charge in [0.05, 0.1) is 21.7 Å². The van der Waals surface area contributed by atoms with Gasteiger partial charge in [-0.2, -0.15) is 0 Å². The number of rotatable bonds is 22. The fourth-order valence-corrected chi connectivity index (χ4v) is 5.57. The minimum Gasteiger partial charge on any atom is -0.508 e. The topological polar surface area (TPSA) is 550 Å². The van der Waals surface area contributed by atoms with Gasteiger partial charge in [0.25, 0.3) is 40.9 Å². The zero-order valence-corrected chi connectivity index (χ0v) is 35.3. The number of primary amides is 1. The van der Waals surface area contributed by atoms with E-state index in [0.29, 0.717) is 6.07 Å². The normalized spacial score (nSPS) is 13.5. The van der Waals surface area contributed by atoms with Crippen LogP contribution in [0.15, 0.2) is 92.8 Å². The lowest BCUT2D eigenvalue weighted by atomic mass is 10.1. The number of nitro groups is 2. The molecule has 0 spiro atoms. The molecule has 0 saturated heterocycles. The van der Waals surface area contributed by atoms with Gasteiger partial charge in [-0.05, 0) is 36.2 Å². The fraction of sp³-hybridized carbons (Fsp3) is 0.222. The van der Waals surface area contributed by atoms with Gasteiger partial charge >= 0.3 is 0 Å². The van der Waals surface area contributed by atoms with E-state index in [1.54, 1.807) is 0 Å². The number of carbonyl (C=O) groups is 6. The third-order valence-corrected chi connectivity index (χ3v) is 8.47. The molecule has 23 N–H and O–H groups in total. The van der Waals surface area contributed by atoms with Crippen molar-refractivity contribution in [3.8, 4) is 5.75 Å². The van der Waals surface area contributed by atoms with Crippen molar-refractivity contribution in [1.29, 1.82) is 0 Å². The third kappa shape index (κ3) is 15.4. The molecule has 0 aliphatic carbocycles. The number of benzene rings is 3. The number of non-ortho nitro benzene ring substituents is 1. The summed E-state index contributed by atoms with van der Waals surface area (Å²) < 4.78 is 0. The summed E-state index contributed by atoms with van der Waals surface area (Å²) in [6.45, 7) is 0.707. The smallest absolute Gasteiger partial charge is 0.299 e. The lowest BCUT2D eigenvalue weighted by Gasteiger charge is -2.30. The number of carbonyl (C=O) groups excluding carboxylic acids is 6. The maximum absolute atomic E-state index is 14.1. The Hall–Kier alpha value is -9.88. The number of amidine groups is 1. The van der Waals surface area contributed by atoms with E-state index in [0.717, 1.165) is 17.0 Å². The molecule has 6 unspecified atom stereocenters. The Kier molecular flexibility index (Phi) is 18.3. The number of phenolic OH excluding ortho intramolecular Hbond substituents is 1. The number of aromatic hydroxyl groups is 1. The molecule has 0 aliphatic heterocycles. The minimum atomic E-state index is -2.41. The molecule has 0 aromatic heterocycles. The molecule has 0 aliphatic rings. The summed E-state index contributed by atoms with van der Waals surface area (Å²) in [6, 6.07) is 12.8. The Morgan fingerprint density at radius 1 is 0.618 bits per heavy atom. The molecular formula is C36H46N20O12. The molecule has 32 heteroatoms. The first-order chi connectivity index (χ1) is 31.9. The highest BCUT2D eigenvalue weighted by Crippen LogP contribution is 2.34. The van der Waals surface area contributed by atoms with Crippen LogP contribution in [0.5, 0.6) is 5.75 Å². The summed E-state index contributed by atoms with van der Waals surface area (Å²) in [7, 11) is 0. The summed E-state index contributed by atoms with van der Waals surface area (Å²) in [5, 5.41) is 55.6. The standard InChI is InChI=1S/C36H46N20O12/c1-15(37)45-25(29(60)47-24(23(38)58)51-34(39)40)49-31(62)27(53-36(43)44)50-30(61)26(52-35(41)42)48-28(59)22(17-5-3-2-4-6-17)46-32(63)33(64)54(14-16-7-10-19(57)11-8-16)20-12-9-18(55(65)66)13-21(20)56(67)68/h2-13,22,24-27,33,57,64H,14H2,1H3,(H2,37,45)(H2,38,58)(H,46,63)(H,47,60)(H,48,59)(H,49,62)(H,50,61)(H4,39,40,51)(H4,41,42,52)(H4,43,44,53). The van der Waals surface area contributed by atoms with Gasteiger partial charge in [0.2, 0.25) is 36.8 Å². The lowest BCUT2D eigenvalue weighted by Crippen LogP contribution is -2.58. The first-order valence-electron chi connectivity index (χ1n) is 19.0. The van der Waals surface area contributed by atoms with Crippen molar-refractivity contribution in [3.63, 3.8) is 0 Å². The van der Waals surface area contributed by atoms with Crippen LogP contribution in [-0.4, -0.2) is 110 Å². The highest BCUT2D eigenvalue weighted by Gasteiger charge is 2.36. The van der Waals surface area contributed by atoms with E-state index in [1.165, 1.54) is 61.5 Å². The van der Waals surface area contributed by atoms with Gasteiger partial charge < -0.3 is 87.6 Å². The number of hydrogen-bond donors (Lipinski definition) is 15. The van der Waals surface area contributed by atoms with Crippen molar-refractivity contribution in [1.82, 2.24) is 26.6 Å². The van der Waals surface area contributed by atoms with Crippen LogP contribution in [0.4, 0.5) is 17.1 Å². The monoisotopic (exact) mass is 950 g/mol. The van der Waals surface area contributed by atoms with Crippen LogP contribution in [0.3, 0.4) is 0 Å². The number of aliphatic imine (C=N–C) groups is 4. The van der Waals surface area contributed by atoms with Crippen molar-refractivity contribution in [2.75, 3.05) is 4.90 Å². The van der Waals surface area contributed by atoms with Crippen molar-refractivity contribution >= 4 is 76.2 Å². The van der Waals surface area contributed by atoms with Crippen LogP contribution in [0.1, 0.15) is 24.1 Å². The van der Waals surface area contributed by atoms with Crippen molar-refractivity contribution in [2.45, 2.75) is 50.4 Å². The lowest BCUT2D eigenvalue weighted by molar-refractivity contribution is -0.393. The second-order valence-corrected chi connectivity index (χ2v) is 13.7. The maximum atomic E-state index is 14.1. The van der Waals surface area contributed by atoms with E-state index in [4.69, 9.17) is 45.9 Å². The predicted molar refractivity (Wildman–Crippen MR) is 239 cm³/mol. The number of guanidine groups is 3. The number of nitrogens with two attached hydrogens (primary N) is 8. The van der Waals surface area contributed by atoms with Crippen LogP contribution >= 0.6 is 0 Å². The molecule has 0 bridgehead atoms. The first kappa shape index (κ1) is 52.5. The zero-order chi connectivity index (χ0) is 51.0. The van der Waals surface area contributed by atoms with E-state index in [-0.39, 0.29) is 22.7 Å². The maximum Gasteiger partial charge on any atom is 0.299 e. The van der Waals surface area contributed by atoms with E-state index >= 15 is 0 Å². The summed E-state index contributed by atoms with van der Waals surface area (Å²) in [5.74, 6) is -10.8. The third-order valence-electron chi connectivity index (χ3n) is 8.47. The average Bonchev–Trinajstić information content (AvgIpc) is 3.25. The Balaban J connectivity index is 2.01. The van der Waals surface area contributed by atoms with Gasteiger partial charge in [0, 0.05) is 12.6 Å². The number of phenols is 1. The average molecular weight is 951 g/mol. The molecule has 6 amide bonds. The Bertz CT molecular complexity index is 2510. The highest BCUT2D eigenvalue weighted by atomic mass is 16.6. The molecule has 0 saturated carbocycles. The van der Waals surface area contributed by atoms with Crippen molar-refractivity contribution < 1.29 is 48.8 Å². The second-order valence-electron chi connectivity index (χ2n) is 13.7. The summed E-state index contributed by atoms with van der Waals surface area (Å²) in [5.41, 5.74) is 41.7. The molecule has 362 valence electrons. The zero-order valence-electron chi connectivity index (χ0n) is 35.3. The molecule has 0 fully saturated rings. The molecule has 6 atom stereocenters. The Morgan fingerprint density at radius 3 is 1.54 bits per heavy atom. The number of aliphatic hydroxyl groups is 1. The van der Waals surface area contributed by atoms with Gasteiger partial charge in [0.1, 0.15) is 17.5 Å². The highest BCUT2D eigenvalue weighted by molar-refractivity contribution is 5.99. The van der Waals surface area contributed by atoms with Crippen molar-refractivity contribution in [3.05, 3.63) is 104 Å². The molecule has 3 aromatic rings. The van der Waals surface area contributed by atoms with Crippen LogP contribution in [0, 0.1) is 20.2 Å². The van der Waals surface area contributed by atoms with Gasteiger partial charge in [-0.1, -0.05) is 42.5 Å². The molecule has 3 rings (SSSR count). The number of nitrogens with one attached hydrogen (secondary N) is 5. The van der Waals surface area contributed by atoms with E-state index in [2.05, 4.69) is 35.9 Å². The van der Waals surface area contributed by atoms with Crippen LogP contribution in [0.25, 0.3) is 0 Å². The Labute approximate surface area is 382 Å². The summed E-state index contributed by atoms with van der Waals surface area (Å²) in [4.78, 5) is 117. The van der Waals surface area contributed by atoms with Gasteiger partial charge in [0.15, 0.2) is 17.9 Å². The van der Waals surface area contributed by atoms with E-state index < -0.39 is 124 Å².